The molecule has 1 aliphatic carbocycles. The molecule has 26 heavy (non-hydrogen) atoms. The van der Waals surface area contributed by atoms with Crippen molar-refractivity contribution in [1.82, 2.24) is 10.3 Å². The highest BCUT2D eigenvalue weighted by atomic mass is 19.4. The molecule has 0 radical (unpaired) electrons. The van der Waals surface area contributed by atoms with Crippen molar-refractivity contribution >= 4 is 11.7 Å². The highest BCUT2D eigenvalue weighted by Gasteiger charge is 2.31. The highest BCUT2D eigenvalue weighted by Crippen LogP contribution is 2.30. The molecule has 144 valence electrons. The topological polar surface area (TPSA) is 45.2 Å². The largest absolute Gasteiger partial charge is 0.417 e. The second-order valence-electron chi connectivity index (χ2n) is 7.42. The molecule has 2 fully saturated rings. The number of nitrogens with zero attached hydrogens (tertiary/aromatic N) is 2. The first-order chi connectivity index (χ1) is 12.4. The van der Waals surface area contributed by atoms with Crippen LogP contribution >= 0.6 is 0 Å². The molecule has 2 aliphatic rings. The van der Waals surface area contributed by atoms with E-state index in [1.54, 1.807) is 0 Å². The molecule has 2 heterocycles. The molecule has 1 saturated heterocycles. The Morgan fingerprint density at radius 1 is 1.15 bits per heavy atom. The van der Waals surface area contributed by atoms with Gasteiger partial charge >= 0.3 is 6.18 Å². The molecule has 1 amide bonds. The van der Waals surface area contributed by atoms with Crippen LogP contribution in [0.2, 0.25) is 0 Å². The van der Waals surface area contributed by atoms with Crippen molar-refractivity contribution in [2.75, 3.05) is 18.0 Å². The van der Waals surface area contributed by atoms with Gasteiger partial charge in [0.2, 0.25) is 5.91 Å². The molecule has 3 rings (SSSR count). The SMILES string of the molecule is O=C(CCC1CCCC1)NC1CCN(c2ccc(C(F)(F)F)cn2)CC1. The summed E-state index contributed by atoms with van der Waals surface area (Å²) >= 11 is 0. The molecular formula is C19H26F3N3O. The molecule has 0 atom stereocenters. The number of hydrogen-bond acceptors (Lipinski definition) is 3. The smallest absolute Gasteiger partial charge is 0.356 e. The van der Waals surface area contributed by atoms with Gasteiger partial charge in [-0.3, -0.25) is 4.79 Å². The fourth-order valence-electron chi connectivity index (χ4n) is 3.93. The Hall–Kier alpha value is -1.79. The lowest BCUT2D eigenvalue weighted by molar-refractivity contribution is -0.137. The van der Waals surface area contributed by atoms with Crippen molar-refractivity contribution in [3.63, 3.8) is 0 Å². The zero-order valence-electron chi connectivity index (χ0n) is 14.9. The Labute approximate surface area is 152 Å². The van der Waals surface area contributed by atoms with E-state index in [1.807, 2.05) is 4.90 Å². The molecular weight excluding hydrogens is 343 g/mol. The predicted molar refractivity (Wildman–Crippen MR) is 93.8 cm³/mol. The average Bonchev–Trinajstić information content (AvgIpc) is 3.14. The third kappa shape index (κ3) is 5.11. The van der Waals surface area contributed by atoms with E-state index in [0.29, 0.717) is 31.2 Å². The number of carbonyl (C=O) groups is 1. The molecule has 1 saturated carbocycles. The number of pyridine rings is 1. The Morgan fingerprint density at radius 2 is 1.85 bits per heavy atom. The van der Waals surface area contributed by atoms with E-state index in [-0.39, 0.29) is 11.9 Å². The van der Waals surface area contributed by atoms with E-state index < -0.39 is 11.7 Å². The quantitative estimate of drug-likeness (QED) is 0.848. The third-order valence-electron chi connectivity index (χ3n) is 5.51. The number of amides is 1. The van der Waals surface area contributed by atoms with Crippen LogP contribution in [0.3, 0.4) is 0 Å². The second-order valence-corrected chi connectivity index (χ2v) is 7.42. The summed E-state index contributed by atoms with van der Waals surface area (Å²) in [5.74, 6) is 1.40. The Kier molecular flexibility index (Phi) is 6.04. The van der Waals surface area contributed by atoms with E-state index in [2.05, 4.69) is 10.3 Å². The minimum Gasteiger partial charge on any atom is -0.356 e. The molecule has 0 unspecified atom stereocenters. The number of hydrogen-bond donors (Lipinski definition) is 1. The molecule has 1 N–H and O–H groups in total. The number of nitrogens with one attached hydrogen (secondary N) is 1. The first kappa shape index (κ1) is 19.0. The molecule has 1 aromatic heterocycles. The summed E-state index contributed by atoms with van der Waals surface area (Å²) in [6.45, 7) is 1.37. The average molecular weight is 369 g/mol. The number of carbonyl (C=O) groups excluding carboxylic acids is 1. The van der Waals surface area contributed by atoms with Gasteiger partial charge in [-0.25, -0.2) is 4.98 Å². The van der Waals surface area contributed by atoms with Crippen LogP contribution in [0.1, 0.15) is 56.9 Å². The minimum absolute atomic E-state index is 0.128. The number of halogens is 3. The molecule has 7 heteroatoms. The summed E-state index contributed by atoms with van der Waals surface area (Å²) in [6, 6.07) is 2.64. The van der Waals surface area contributed by atoms with Crippen molar-refractivity contribution in [3.05, 3.63) is 23.9 Å². The first-order valence-corrected chi connectivity index (χ1v) is 9.49. The van der Waals surface area contributed by atoms with Crippen molar-refractivity contribution in [2.24, 2.45) is 5.92 Å². The van der Waals surface area contributed by atoms with Crippen LogP contribution in [0.5, 0.6) is 0 Å². The van der Waals surface area contributed by atoms with Crippen molar-refractivity contribution in [3.8, 4) is 0 Å². The van der Waals surface area contributed by atoms with E-state index in [9.17, 15) is 18.0 Å². The number of alkyl halides is 3. The number of rotatable bonds is 5. The van der Waals surface area contributed by atoms with Gasteiger partial charge in [-0.1, -0.05) is 25.7 Å². The van der Waals surface area contributed by atoms with Gasteiger partial charge < -0.3 is 10.2 Å². The first-order valence-electron chi connectivity index (χ1n) is 9.49. The second kappa shape index (κ2) is 8.27. The van der Waals surface area contributed by atoms with Gasteiger partial charge in [0.05, 0.1) is 5.56 Å². The van der Waals surface area contributed by atoms with E-state index in [1.165, 1.54) is 31.7 Å². The lowest BCUT2D eigenvalue weighted by Crippen LogP contribution is -2.45. The molecule has 0 bridgehead atoms. The zero-order chi connectivity index (χ0) is 18.6. The number of aromatic nitrogens is 1. The van der Waals surface area contributed by atoms with Crippen molar-refractivity contribution in [1.29, 1.82) is 0 Å². The Bertz CT molecular complexity index is 589. The third-order valence-corrected chi connectivity index (χ3v) is 5.51. The van der Waals surface area contributed by atoms with E-state index in [4.69, 9.17) is 0 Å². The van der Waals surface area contributed by atoms with Gasteiger partial charge in [0.1, 0.15) is 5.82 Å². The minimum atomic E-state index is -4.36. The molecule has 1 aliphatic heterocycles. The maximum atomic E-state index is 12.6. The van der Waals surface area contributed by atoms with Crippen LogP contribution in [0.25, 0.3) is 0 Å². The summed E-state index contributed by atoms with van der Waals surface area (Å²) in [5, 5.41) is 3.11. The Morgan fingerprint density at radius 3 is 2.42 bits per heavy atom. The standard InChI is InChI=1S/C19H26F3N3O/c20-19(21,22)15-6-7-17(23-13-15)25-11-9-16(10-12-25)24-18(26)8-5-14-3-1-2-4-14/h6-7,13-14,16H,1-5,8-12H2,(H,24,26). The monoisotopic (exact) mass is 369 g/mol. The normalized spacial score (nSPS) is 19.7. The molecule has 0 spiro atoms. The van der Waals surface area contributed by atoms with E-state index >= 15 is 0 Å². The summed E-state index contributed by atoms with van der Waals surface area (Å²) in [4.78, 5) is 18.0. The summed E-state index contributed by atoms with van der Waals surface area (Å²) in [5.41, 5.74) is -0.731. The maximum absolute atomic E-state index is 12.6. The van der Waals surface area contributed by atoms with Gasteiger partial charge in [0.25, 0.3) is 0 Å². The summed E-state index contributed by atoms with van der Waals surface area (Å²) in [7, 11) is 0. The van der Waals surface area contributed by atoms with Crippen LogP contribution in [0.4, 0.5) is 19.0 Å². The number of anilines is 1. The fourth-order valence-corrected chi connectivity index (χ4v) is 3.93. The van der Waals surface area contributed by atoms with E-state index in [0.717, 1.165) is 31.5 Å². The predicted octanol–water partition coefficient (Wildman–Crippen LogP) is 4.16. The molecule has 4 nitrogen and oxygen atoms in total. The van der Waals surface area contributed by atoms with Gasteiger partial charge in [-0.2, -0.15) is 13.2 Å². The number of piperidine rings is 1. The molecule has 1 aromatic rings. The summed E-state index contributed by atoms with van der Waals surface area (Å²) < 4.78 is 37.8. The van der Waals surface area contributed by atoms with Crippen LogP contribution in [-0.2, 0) is 11.0 Å². The fraction of sp³-hybridized carbons (Fsp3) is 0.684. The van der Waals surface area contributed by atoms with Crippen LogP contribution in [0, 0.1) is 5.92 Å². The van der Waals surface area contributed by atoms with Crippen LogP contribution in [0.15, 0.2) is 18.3 Å². The van der Waals surface area contributed by atoms with Gasteiger partial charge in [-0.15, -0.1) is 0 Å². The summed E-state index contributed by atoms with van der Waals surface area (Å²) in [6.07, 6.45) is 4.79. The van der Waals surface area contributed by atoms with Gasteiger partial charge in [-0.05, 0) is 37.3 Å². The zero-order valence-corrected chi connectivity index (χ0v) is 14.9. The van der Waals surface area contributed by atoms with Gasteiger partial charge in [0, 0.05) is 31.7 Å². The lowest BCUT2D eigenvalue weighted by atomic mass is 10.0. The molecule has 0 aromatic carbocycles. The van der Waals surface area contributed by atoms with Crippen molar-refractivity contribution < 1.29 is 18.0 Å². The van der Waals surface area contributed by atoms with Crippen molar-refractivity contribution in [2.45, 2.75) is 63.6 Å². The maximum Gasteiger partial charge on any atom is 0.417 e. The van der Waals surface area contributed by atoms with Crippen LogP contribution in [-0.4, -0.2) is 30.0 Å². The Balaban J connectivity index is 1.41. The highest BCUT2D eigenvalue weighted by molar-refractivity contribution is 5.76. The van der Waals surface area contributed by atoms with Crippen LogP contribution < -0.4 is 10.2 Å². The lowest BCUT2D eigenvalue weighted by Gasteiger charge is -2.33. The van der Waals surface area contributed by atoms with Gasteiger partial charge in [0.15, 0.2) is 0 Å².